The Balaban J connectivity index is 1.35. The van der Waals surface area contributed by atoms with E-state index in [9.17, 15) is 4.79 Å². The number of likely N-dealkylation sites (tertiary alicyclic amines) is 1. The SMILES string of the molecule is CCOC(=O)N1CCC(CN2CCN(Cc3ccccc3)CC2)CC1. The number of hydrogen-bond donors (Lipinski definition) is 0. The molecular weight excluding hydrogens is 314 g/mol. The van der Waals surface area contributed by atoms with Gasteiger partial charge in [0.2, 0.25) is 0 Å². The van der Waals surface area contributed by atoms with Crippen LogP contribution in [0.1, 0.15) is 25.3 Å². The Morgan fingerprint density at radius 3 is 2.28 bits per heavy atom. The van der Waals surface area contributed by atoms with Crippen LogP contribution in [0.5, 0.6) is 0 Å². The Morgan fingerprint density at radius 2 is 1.64 bits per heavy atom. The van der Waals surface area contributed by atoms with Crippen LogP contribution in [0.4, 0.5) is 4.79 Å². The molecule has 1 aromatic carbocycles. The summed E-state index contributed by atoms with van der Waals surface area (Å²) >= 11 is 0. The van der Waals surface area contributed by atoms with Gasteiger partial charge in [0.05, 0.1) is 6.61 Å². The van der Waals surface area contributed by atoms with Crippen molar-refractivity contribution in [3.05, 3.63) is 35.9 Å². The number of carbonyl (C=O) groups excluding carboxylic acids is 1. The fourth-order valence-corrected chi connectivity index (χ4v) is 3.85. The minimum absolute atomic E-state index is 0.143. The Morgan fingerprint density at radius 1 is 1.00 bits per heavy atom. The Labute approximate surface area is 151 Å². The number of carbonyl (C=O) groups is 1. The van der Waals surface area contributed by atoms with Crippen molar-refractivity contribution in [3.8, 4) is 0 Å². The van der Waals surface area contributed by atoms with Crippen LogP contribution in [0.3, 0.4) is 0 Å². The molecule has 0 aromatic heterocycles. The van der Waals surface area contributed by atoms with E-state index in [4.69, 9.17) is 4.74 Å². The normalized spacial score (nSPS) is 20.6. The lowest BCUT2D eigenvalue weighted by Crippen LogP contribution is -2.48. The number of piperazine rings is 1. The van der Waals surface area contributed by atoms with Crippen molar-refractivity contribution in [1.82, 2.24) is 14.7 Å². The van der Waals surface area contributed by atoms with Gasteiger partial charge in [-0.3, -0.25) is 4.90 Å². The van der Waals surface area contributed by atoms with Gasteiger partial charge in [0, 0.05) is 52.4 Å². The van der Waals surface area contributed by atoms with Crippen molar-refractivity contribution >= 4 is 6.09 Å². The lowest BCUT2D eigenvalue weighted by Gasteiger charge is -2.38. The predicted molar refractivity (Wildman–Crippen MR) is 99.5 cm³/mol. The number of piperidine rings is 1. The summed E-state index contributed by atoms with van der Waals surface area (Å²) in [5, 5.41) is 0. The number of rotatable bonds is 5. The zero-order chi connectivity index (χ0) is 17.5. The molecule has 2 saturated heterocycles. The summed E-state index contributed by atoms with van der Waals surface area (Å²) in [7, 11) is 0. The van der Waals surface area contributed by atoms with E-state index >= 15 is 0 Å². The molecule has 0 aliphatic carbocycles. The molecule has 138 valence electrons. The third-order valence-electron chi connectivity index (χ3n) is 5.37. The number of benzene rings is 1. The Bertz CT molecular complexity index is 521. The van der Waals surface area contributed by atoms with E-state index in [1.807, 2.05) is 11.8 Å². The summed E-state index contributed by atoms with van der Waals surface area (Å²) in [5.74, 6) is 0.714. The largest absolute Gasteiger partial charge is 0.450 e. The first kappa shape index (κ1) is 18.2. The van der Waals surface area contributed by atoms with Crippen LogP contribution >= 0.6 is 0 Å². The van der Waals surface area contributed by atoms with Gasteiger partial charge in [0.15, 0.2) is 0 Å². The molecule has 0 spiro atoms. The molecular formula is C20H31N3O2. The van der Waals surface area contributed by atoms with E-state index in [0.29, 0.717) is 12.5 Å². The summed E-state index contributed by atoms with van der Waals surface area (Å²) in [6, 6.07) is 10.7. The molecule has 0 atom stereocenters. The van der Waals surface area contributed by atoms with Gasteiger partial charge in [-0.25, -0.2) is 4.79 Å². The molecule has 0 radical (unpaired) electrons. The predicted octanol–water partition coefficient (Wildman–Crippen LogP) is 2.67. The van der Waals surface area contributed by atoms with E-state index < -0.39 is 0 Å². The summed E-state index contributed by atoms with van der Waals surface area (Å²) in [6.45, 7) is 10.9. The molecule has 3 rings (SSSR count). The minimum atomic E-state index is -0.143. The van der Waals surface area contributed by atoms with Crippen LogP contribution < -0.4 is 0 Å². The topological polar surface area (TPSA) is 36.0 Å². The Kier molecular flexibility index (Phi) is 6.70. The molecule has 25 heavy (non-hydrogen) atoms. The second-order valence-electron chi connectivity index (χ2n) is 7.19. The molecule has 2 aliphatic rings. The van der Waals surface area contributed by atoms with Gasteiger partial charge in [0.25, 0.3) is 0 Å². The number of nitrogens with zero attached hydrogens (tertiary/aromatic N) is 3. The second kappa shape index (κ2) is 9.20. The number of hydrogen-bond acceptors (Lipinski definition) is 4. The highest BCUT2D eigenvalue weighted by molar-refractivity contribution is 5.67. The zero-order valence-electron chi connectivity index (χ0n) is 15.4. The number of ether oxygens (including phenoxy) is 1. The standard InChI is InChI=1S/C20H31N3O2/c1-2-25-20(24)23-10-8-19(9-11-23)17-22-14-12-21(13-15-22)16-18-6-4-3-5-7-18/h3-7,19H,2,8-17H2,1H3. The van der Waals surface area contributed by atoms with Crippen molar-refractivity contribution < 1.29 is 9.53 Å². The fourth-order valence-electron chi connectivity index (χ4n) is 3.85. The van der Waals surface area contributed by atoms with Crippen LogP contribution in [-0.4, -0.2) is 73.2 Å². The maximum atomic E-state index is 11.8. The van der Waals surface area contributed by atoms with Crippen molar-refractivity contribution in [3.63, 3.8) is 0 Å². The summed E-state index contributed by atoms with van der Waals surface area (Å²) in [5.41, 5.74) is 1.40. The van der Waals surface area contributed by atoms with Crippen LogP contribution in [0.2, 0.25) is 0 Å². The van der Waals surface area contributed by atoms with E-state index in [1.54, 1.807) is 0 Å². The molecule has 2 aliphatic heterocycles. The van der Waals surface area contributed by atoms with Crippen LogP contribution in [0.15, 0.2) is 30.3 Å². The van der Waals surface area contributed by atoms with Crippen molar-refractivity contribution in [2.45, 2.75) is 26.3 Å². The molecule has 5 nitrogen and oxygen atoms in total. The molecule has 5 heteroatoms. The quantitative estimate of drug-likeness (QED) is 0.822. The highest BCUT2D eigenvalue weighted by atomic mass is 16.6. The van der Waals surface area contributed by atoms with Crippen molar-refractivity contribution in [1.29, 1.82) is 0 Å². The lowest BCUT2D eigenvalue weighted by atomic mass is 9.96. The van der Waals surface area contributed by atoms with Gasteiger partial charge in [0.1, 0.15) is 0 Å². The van der Waals surface area contributed by atoms with Crippen LogP contribution in [0.25, 0.3) is 0 Å². The molecule has 0 saturated carbocycles. The third kappa shape index (κ3) is 5.44. The van der Waals surface area contributed by atoms with E-state index in [0.717, 1.165) is 58.7 Å². The molecule has 0 bridgehead atoms. The minimum Gasteiger partial charge on any atom is -0.450 e. The monoisotopic (exact) mass is 345 g/mol. The maximum Gasteiger partial charge on any atom is 0.409 e. The zero-order valence-corrected chi connectivity index (χ0v) is 15.4. The summed E-state index contributed by atoms with van der Waals surface area (Å²) < 4.78 is 5.10. The summed E-state index contributed by atoms with van der Waals surface area (Å²) in [4.78, 5) is 18.8. The Hall–Kier alpha value is -1.59. The van der Waals surface area contributed by atoms with Crippen LogP contribution in [0, 0.1) is 5.92 Å². The molecule has 1 amide bonds. The first-order valence-corrected chi connectivity index (χ1v) is 9.65. The second-order valence-corrected chi connectivity index (χ2v) is 7.19. The van der Waals surface area contributed by atoms with Gasteiger partial charge < -0.3 is 14.5 Å². The fraction of sp³-hybridized carbons (Fsp3) is 0.650. The van der Waals surface area contributed by atoms with Gasteiger partial charge in [-0.1, -0.05) is 30.3 Å². The molecule has 0 N–H and O–H groups in total. The maximum absolute atomic E-state index is 11.8. The first-order chi connectivity index (χ1) is 12.2. The van der Waals surface area contributed by atoms with E-state index in [2.05, 4.69) is 40.1 Å². The van der Waals surface area contributed by atoms with Gasteiger partial charge in [-0.05, 0) is 31.2 Å². The van der Waals surface area contributed by atoms with Gasteiger partial charge >= 0.3 is 6.09 Å². The molecule has 2 heterocycles. The highest BCUT2D eigenvalue weighted by Gasteiger charge is 2.26. The molecule has 2 fully saturated rings. The van der Waals surface area contributed by atoms with Crippen LogP contribution in [-0.2, 0) is 11.3 Å². The van der Waals surface area contributed by atoms with E-state index in [1.165, 1.54) is 12.1 Å². The van der Waals surface area contributed by atoms with E-state index in [-0.39, 0.29) is 6.09 Å². The summed E-state index contributed by atoms with van der Waals surface area (Å²) in [6.07, 6.45) is 2.06. The smallest absolute Gasteiger partial charge is 0.409 e. The average molecular weight is 345 g/mol. The molecule has 0 unspecified atom stereocenters. The lowest BCUT2D eigenvalue weighted by molar-refractivity contribution is 0.0744. The molecule has 1 aromatic rings. The van der Waals surface area contributed by atoms with Gasteiger partial charge in [-0.15, -0.1) is 0 Å². The van der Waals surface area contributed by atoms with Gasteiger partial charge in [-0.2, -0.15) is 0 Å². The average Bonchev–Trinajstić information content (AvgIpc) is 2.65. The third-order valence-corrected chi connectivity index (χ3v) is 5.37. The van der Waals surface area contributed by atoms with Crippen molar-refractivity contribution in [2.75, 3.05) is 52.4 Å². The first-order valence-electron chi connectivity index (χ1n) is 9.65. The highest BCUT2D eigenvalue weighted by Crippen LogP contribution is 2.20. The number of amides is 1. The van der Waals surface area contributed by atoms with Crippen molar-refractivity contribution in [2.24, 2.45) is 5.92 Å².